The second kappa shape index (κ2) is 14.0. The molecule has 0 aliphatic carbocycles. The molecular weight excluding hydrogens is 480 g/mol. The maximum Gasteiger partial charge on any atom is 0.326 e. The number of hydrogen-bond donors (Lipinski definition) is 7. The molecule has 11 nitrogen and oxygen atoms in total. The number of carbonyl (C=O) groups excluding carboxylic acids is 3. The van der Waals surface area contributed by atoms with Gasteiger partial charge in [-0.25, -0.2) is 4.79 Å². The highest BCUT2D eigenvalue weighted by atomic mass is 16.4. The molecule has 2 aromatic carbocycles. The molecule has 4 atom stereocenters. The number of rotatable bonds is 13. The lowest BCUT2D eigenvalue weighted by atomic mass is 10.0. The minimum absolute atomic E-state index is 0.00853. The fourth-order valence-corrected chi connectivity index (χ4v) is 3.44. The lowest BCUT2D eigenvalue weighted by Crippen LogP contribution is -2.59. The zero-order chi connectivity index (χ0) is 27.5. The van der Waals surface area contributed by atoms with Gasteiger partial charge in [-0.2, -0.15) is 0 Å². The van der Waals surface area contributed by atoms with Crippen LogP contribution in [0.15, 0.2) is 54.6 Å². The van der Waals surface area contributed by atoms with Crippen molar-refractivity contribution in [2.75, 3.05) is 6.61 Å². The molecule has 0 saturated heterocycles. The Morgan fingerprint density at radius 3 is 1.78 bits per heavy atom. The Morgan fingerprint density at radius 1 is 0.757 bits per heavy atom. The van der Waals surface area contributed by atoms with Crippen LogP contribution in [0.5, 0.6) is 5.75 Å². The minimum Gasteiger partial charge on any atom is -0.508 e. The van der Waals surface area contributed by atoms with Crippen molar-refractivity contribution in [3.8, 4) is 5.75 Å². The van der Waals surface area contributed by atoms with Crippen molar-refractivity contribution in [2.45, 2.75) is 50.9 Å². The van der Waals surface area contributed by atoms with Gasteiger partial charge in [0.1, 0.15) is 23.9 Å². The first kappa shape index (κ1) is 29.3. The normalized spacial score (nSPS) is 14.2. The number of benzene rings is 2. The van der Waals surface area contributed by atoms with E-state index in [1.54, 1.807) is 44.2 Å². The molecular formula is C26H34N4O7. The maximum absolute atomic E-state index is 13.1. The van der Waals surface area contributed by atoms with Gasteiger partial charge in [0.25, 0.3) is 0 Å². The lowest BCUT2D eigenvalue weighted by molar-refractivity contribution is -0.142. The number of aromatic hydroxyl groups is 1. The Kier molecular flexibility index (Phi) is 11.0. The Hall–Kier alpha value is -3.96. The van der Waals surface area contributed by atoms with Gasteiger partial charge in [0.15, 0.2) is 0 Å². The average Bonchev–Trinajstić information content (AvgIpc) is 2.87. The fourth-order valence-electron chi connectivity index (χ4n) is 3.44. The van der Waals surface area contributed by atoms with Crippen LogP contribution in [0.2, 0.25) is 0 Å². The fraction of sp³-hybridized carbons (Fsp3) is 0.385. The quantitative estimate of drug-likeness (QED) is 0.189. The first-order valence-corrected chi connectivity index (χ1v) is 11.8. The molecule has 0 aliphatic rings. The maximum atomic E-state index is 13.1. The number of phenols is 1. The van der Waals surface area contributed by atoms with E-state index in [-0.39, 0.29) is 24.5 Å². The molecule has 0 spiro atoms. The number of nitrogens with two attached hydrogens (primary N) is 1. The lowest BCUT2D eigenvalue weighted by Gasteiger charge is -2.25. The number of phenolic OH excluding ortho intramolecular Hbond substituents is 1. The van der Waals surface area contributed by atoms with Crippen LogP contribution in [0.4, 0.5) is 0 Å². The number of nitrogens with one attached hydrogen (secondary N) is 3. The number of carboxylic acids is 1. The summed E-state index contributed by atoms with van der Waals surface area (Å²) in [5.74, 6) is -3.69. The van der Waals surface area contributed by atoms with Gasteiger partial charge in [-0.15, -0.1) is 0 Å². The van der Waals surface area contributed by atoms with Gasteiger partial charge < -0.3 is 37.0 Å². The number of aliphatic carboxylic acids is 1. The molecule has 37 heavy (non-hydrogen) atoms. The Morgan fingerprint density at radius 2 is 1.24 bits per heavy atom. The number of carboxylic acid groups (broad SMARTS) is 1. The van der Waals surface area contributed by atoms with Gasteiger partial charge in [-0.1, -0.05) is 56.3 Å². The second-order valence-electron chi connectivity index (χ2n) is 9.03. The summed E-state index contributed by atoms with van der Waals surface area (Å²) in [4.78, 5) is 50.2. The predicted molar refractivity (Wildman–Crippen MR) is 135 cm³/mol. The zero-order valence-corrected chi connectivity index (χ0v) is 20.8. The van der Waals surface area contributed by atoms with E-state index in [1.165, 1.54) is 24.3 Å². The van der Waals surface area contributed by atoms with E-state index in [9.17, 15) is 34.5 Å². The summed E-state index contributed by atoms with van der Waals surface area (Å²) in [6.45, 7) is 2.72. The Balaban J connectivity index is 2.13. The van der Waals surface area contributed by atoms with Gasteiger partial charge in [0.05, 0.1) is 12.6 Å². The Labute approximate surface area is 215 Å². The predicted octanol–water partition coefficient (Wildman–Crippen LogP) is -0.308. The summed E-state index contributed by atoms with van der Waals surface area (Å²) in [5, 5.41) is 36.0. The first-order chi connectivity index (χ1) is 17.5. The smallest absolute Gasteiger partial charge is 0.326 e. The van der Waals surface area contributed by atoms with Crippen LogP contribution < -0.4 is 21.7 Å². The third-order valence-corrected chi connectivity index (χ3v) is 5.74. The van der Waals surface area contributed by atoms with Crippen molar-refractivity contribution >= 4 is 23.7 Å². The molecule has 200 valence electrons. The third-order valence-electron chi connectivity index (χ3n) is 5.74. The molecule has 0 fully saturated rings. The highest BCUT2D eigenvalue weighted by molar-refractivity contribution is 5.94. The summed E-state index contributed by atoms with van der Waals surface area (Å²) >= 11 is 0. The molecule has 8 N–H and O–H groups in total. The summed E-state index contributed by atoms with van der Waals surface area (Å²) in [6.07, 6.45) is 0.00876. The van der Waals surface area contributed by atoms with Gasteiger partial charge in [0, 0.05) is 12.8 Å². The Bertz CT molecular complexity index is 1060. The molecule has 11 heteroatoms. The van der Waals surface area contributed by atoms with Gasteiger partial charge in [-0.05, 0) is 29.2 Å². The van der Waals surface area contributed by atoms with E-state index in [2.05, 4.69) is 16.0 Å². The van der Waals surface area contributed by atoms with E-state index in [0.717, 1.165) is 5.56 Å². The molecule has 0 aromatic heterocycles. The number of carbonyl (C=O) groups is 4. The first-order valence-electron chi connectivity index (χ1n) is 11.8. The summed E-state index contributed by atoms with van der Waals surface area (Å²) < 4.78 is 0. The number of amides is 3. The molecule has 4 unspecified atom stereocenters. The highest BCUT2D eigenvalue weighted by Crippen LogP contribution is 2.12. The van der Waals surface area contributed by atoms with Crippen molar-refractivity contribution in [3.63, 3.8) is 0 Å². The van der Waals surface area contributed by atoms with Crippen molar-refractivity contribution in [3.05, 3.63) is 65.7 Å². The van der Waals surface area contributed by atoms with Crippen molar-refractivity contribution in [1.82, 2.24) is 16.0 Å². The van der Waals surface area contributed by atoms with Crippen molar-refractivity contribution in [2.24, 2.45) is 11.7 Å². The monoisotopic (exact) mass is 514 g/mol. The molecule has 0 saturated carbocycles. The molecule has 0 heterocycles. The van der Waals surface area contributed by atoms with Crippen LogP contribution in [-0.4, -0.2) is 69.8 Å². The molecule has 0 aliphatic heterocycles. The summed E-state index contributed by atoms with van der Waals surface area (Å²) in [5.41, 5.74) is 7.20. The SMILES string of the molecule is CC(C)C(N)C(=O)NC(Cc1ccccc1)C(=O)NC(CO)C(=O)NC(Cc1ccc(O)cc1)C(=O)O. The van der Waals surface area contributed by atoms with Crippen LogP contribution in [0, 0.1) is 5.92 Å². The van der Waals surface area contributed by atoms with E-state index >= 15 is 0 Å². The highest BCUT2D eigenvalue weighted by Gasteiger charge is 2.30. The minimum atomic E-state index is -1.47. The van der Waals surface area contributed by atoms with Crippen LogP contribution in [0.25, 0.3) is 0 Å². The molecule has 2 rings (SSSR count). The standard InChI is InChI=1S/C26H34N4O7/c1-15(2)22(27)25(35)28-19(12-16-6-4-3-5-7-16)23(33)30-21(14-31)24(34)29-20(26(36)37)13-17-8-10-18(32)11-9-17/h3-11,15,19-22,31-32H,12-14,27H2,1-2H3,(H,28,35)(H,29,34)(H,30,33)(H,36,37). The van der Waals surface area contributed by atoms with Gasteiger partial charge >= 0.3 is 5.97 Å². The van der Waals surface area contributed by atoms with Crippen LogP contribution in [0.1, 0.15) is 25.0 Å². The number of hydrogen-bond acceptors (Lipinski definition) is 7. The van der Waals surface area contributed by atoms with Gasteiger partial charge in [0.2, 0.25) is 17.7 Å². The third kappa shape index (κ3) is 9.21. The van der Waals surface area contributed by atoms with Crippen LogP contribution >= 0.6 is 0 Å². The average molecular weight is 515 g/mol. The van der Waals surface area contributed by atoms with Gasteiger partial charge in [-0.3, -0.25) is 14.4 Å². The molecule has 0 radical (unpaired) electrons. The molecule has 2 aromatic rings. The van der Waals surface area contributed by atoms with Crippen molar-refractivity contribution in [1.29, 1.82) is 0 Å². The number of aliphatic hydroxyl groups excluding tert-OH is 1. The zero-order valence-electron chi connectivity index (χ0n) is 20.8. The second-order valence-corrected chi connectivity index (χ2v) is 9.03. The summed E-state index contributed by atoms with van der Waals surface area (Å²) in [6, 6.07) is 9.91. The summed E-state index contributed by atoms with van der Waals surface area (Å²) in [7, 11) is 0. The van der Waals surface area contributed by atoms with Crippen LogP contribution in [0.3, 0.4) is 0 Å². The van der Waals surface area contributed by atoms with Crippen molar-refractivity contribution < 1.29 is 34.5 Å². The largest absolute Gasteiger partial charge is 0.508 e. The molecule has 0 bridgehead atoms. The number of aliphatic hydroxyl groups is 1. The van der Waals surface area contributed by atoms with E-state index in [0.29, 0.717) is 5.56 Å². The molecule has 3 amide bonds. The van der Waals surface area contributed by atoms with E-state index < -0.39 is 54.5 Å². The van der Waals surface area contributed by atoms with E-state index in [1.807, 2.05) is 0 Å². The topological polar surface area (TPSA) is 191 Å². The van der Waals surface area contributed by atoms with Crippen LogP contribution in [-0.2, 0) is 32.0 Å². The van der Waals surface area contributed by atoms with E-state index in [4.69, 9.17) is 5.73 Å².